The first-order chi connectivity index (χ1) is 12.7. The lowest BCUT2D eigenvalue weighted by atomic mass is 10.0. The summed E-state index contributed by atoms with van der Waals surface area (Å²) < 4.78 is 23.2. The molecular formula is C20H17ClN2O3S. The van der Waals surface area contributed by atoms with Crippen LogP contribution in [0.3, 0.4) is 0 Å². The Bertz CT molecular complexity index is 1300. The number of carbonyl (C=O) groups excluding carboxylic acids is 1. The number of para-hydroxylation sites is 1. The SMILES string of the molecule is C=c1[nH]c2ccccc2/c1=C/C=C(\C)C(=O)c1ccc(Cl)c(S(N)(=O)=O)c1. The fraction of sp³-hybridized carbons (Fsp3) is 0.0500. The predicted molar refractivity (Wildman–Crippen MR) is 108 cm³/mol. The summed E-state index contributed by atoms with van der Waals surface area (Å²) in [6, 6.07) is 11.8. The first-order valence-electron chi connectivity index (χ1n) is 8.00. The second-order valence-corrected chi connectivity index (χ2v) is 8.04. The summed E-state index contributed by atoms with van der Waals surface area (Å²) in [5.74, 6) is -0.321. The smallest absolute Gasteiger partial charge is 0.239 e. The van der Waals surface area contributed by atoms with Crippen LogP contribution in [0.1, 0.15) is 17.3 Å². The molecule has 1 aromatic heterocycles. The van der Waals surface area contributed by atoms with Crippen molar-refractivity contribution in [1.82, 2.24) is 4.98 Å². The number of Topliss-reactive ketones (excluding diaryl/α,β-unsaturated/α-hetero) is 1. The van der Waals surface area contributed by atoms with Crippen LogP contribution < -0.4 is 15.7 Å². The second-order valence-electron chi connectivity index (χ2n) is 6.10. The lowest BCUT2D eigenvalue weighted by Crippen LogP contribution is -2.20. The van der Waals surface area contributed by atoms with Crippen molar-refractivity contribution < 1.29 is 13.2 Å². The minimum Gasteiger partial charge on any atom is -0.355 e. The van der Waals surface area contributed by atoms with Crippen LogP contribution in [-0.4, -0.2) is 19.2 Å². The zero-order valence-corrected chi connectivity index (χ0v) is 16.1. The second kappa shape index (κ2) is 7.15. The summed E-state index contributed by atoms with van der Waals surface area (Å²) in [5, 5.41) is 7.75. The lowest BCUT2D eigenvalue weighted by Gasteiger charge is -2.05. The molecule has 1 heterocycles. The van der Waals surface area contributed by atoms with E-state index in [-0.39, 0.29) is 21.3 Å². The van der Waals surface area contributed by atoms with Gasteiger partial charge in [-0.1, -0.05) is 48.5 Å². The predicted octanol–water partition coefficient (Wildman–Crippen LogP) is 2.49. The molecule has 0 unspecified atom stereocenters. The maximum atomic E-state index is 12.7. The first-order valence-corrected chi connectivity index (χ1v) is 9.92. The highest BCUT2D eigenvalue weighted by Crippen LogP contribution is 2.22. The summed E-state index contributed by atoms with van der Waals surface area (Å²) in [6.45, 7) is 5.65. The highest BCUT2D eigenvalue weighted by atomic mass is 35.5. The van der Waals surface area contributed by atoms with E-state index < -0.39 is 10.0 Å². The number of fused-ring (bicyclic) bond motifs is 1. The van der Waals surface area contributed by atoms with Gasteiger partial charge in [-0.25, -0.2) is 13.6 Å². The molecule has 27 heavy (non-hydrogen) atoms. The first kappa shape index (κ1) is 19.1. The number of aromatic amines is 1. The number of ketones is 1. The Morgan fingerprint density at radius 1 is 1.22 bits per heavy atom. The molecule has 3 rings (SSSR count). The molecule has 138 valence electrons. The monoisotopic (exact) mass is 400 g/mol. The summed E-state index contributed by atoms with van der Waals surface area (Å²) in [5.41, 5.74) is 1.59. The number of aromatic nitrogens is 1. The van der Waals surface area contributed by atoms with Gasteiger partial charge in [0.2, 0.25) is 10.0 Å². The van der Waals surface area contributed by atoms with Gasteiger partial charge in [0.1, 0.15) is 4.90 Å². The number of carbonyl (C=O) groups is 1. The van der Waals surface area contributed by atoms with Gasteiger partial charge >= 0.3 is 0 Å². The van der Waals surface area contributed by atoms with Crippen molar-refractivity contribution in [1.29, 1.82) is 0 Å². The molecule has 3 aromatic rings. The molecule has 0 saturated heterocycles. The van der Waals surface area contributed by atoms with Gasteiger partial charge in [0.05, 0.1) is 5.02 Å². The number of nitrogens with one attached hydrogen (secondary N) is 1. The van der Waals surface area contributed by atoms with Gasteiger partial charge in [0, 0.05) is 27.0 Å². The molecule has 0 aliphatic heterocycles. The van der Waals surface area contributed by atoms with Crippen LogP contribution in [0, 0.1) is 0 Å². The van der Waals surface area contributed by atoms with Crippen molar-refractivity contribution in [2.45, 2.75) is 11.8 Å². The van der Waals surface area contributed by atoms with Gasteiger partial charge < -0.3 is 4.98 Å². The van der Waals surface area contributed by atoms with Crippen LogP contribution in [0.5, 0.6) is 0 Å². The number of hydrogen-bond acceptors (Lipinski definition) is 3. The van der Waals surface area contributed by atoms with Crippen LogP contribution in [0.2, 0.25) is 5.02 Å². The van der Waals surface area contributed by atoms with Crippen LogP contribution in [-0.2, 0) is 10.0 Å². The molecule has 0 aliphatic carbocycles. The molecule has 3 N–H and O–H groups in total. The van der Waals surface area contributed by atoms with Gasteiger partial charge in [-0.05, 0) is 36.8 Å². The average Bonchev–Trinajstić information content (AvgIpc) is 2.93. The van der Waals surface area contributed by atoms with Crippen LogP contribution in [0.25, 0.3) is 23.6 Å². The molecule has 7 heteroatoms. The van der Waals surface area contributed by atoms with Crippen LogP contribution in [0.4, 0.5) is 0 Å². The van der Waals surface area contributed by atoms with Crippen LogP contribution in [0.15, 0.2) is 59.0 Å². The van der Waals surface area contributed by atoms with Crippen molar-refractivity contribution in [3.05, 3.63) is 75.3 Å². The van der Waals surface area contributed by atoms with Crippen molar-refractivity contribution in [2.24, 2.45) is 5.14 Å². The Morgan fingerprint density at radius 3 is 2.63 bits per heavy atom. The molecule has 0 radical (unpaired) electrons. The quantitative estimate of drug-likeness (QED) is 0.520. The maximum Gasteiger partial charge on any atom is 0.239 e. The third kappa shape index (κ3) is 3.88. The number of H-pyrrole nitrogens is 1. The Labute approximate surface area is 161 Å². The van der Waals surface area contributed by atoms with E-state index in [1.807, 2.05) is 30.3 Å². The van der Waals surface area contributed by atoms with Crippen molar-refractivity contribution >= 4 is 51.0 Å². The molecule has 0 fully saturated rings. The molecule has 0 atom stereocenters. The van der Waals surface area contributed by atoms with Gasteiger partial charge in [0.25, 0.3) is 0 Å². The number of nitrogens with two attached hydrogens (primary N) is 1. The largest absolute Gasteiger partial charge is 0.355 e. The lowest BCUT2D eigenvalue weighted by molar-refractivity contribution is 0.103. The van der Waals surface area contributed by atoms with E-state index in [0.717, 1.165) is 21.5 Å². The van der Waals surface area contributed by atoms with E-state index in [4.69, 9.17) is 16.7 Å². The standard InChI is InChI=1S/C20H17ClN2O3S/c1-12(7-9-15-13(2)23-18-6-4-3-5-16(15)18)20(24)14-8-10-17(21)19(11-14)27(22,25)26/h3-11,23H,2H2,1H3,(H2,22,25,26)/b12-7+,15-9+. The van der Waals surface area contributed by atoms with Crippen molar-refractivity contribution in [3.8, 4) is 0 Å². The molecule has 0 spiro atoms. The number of benzene rings is 2. The molecule has 2 aromatic carbocycles. The normalized spacial score (nSPS) is 13.3. The Hall–Kier alpha value is -2.67. The van der Waals surface area contributed by atoms with Gasteiger partial charge in [-0.3, -0.25) is 4.79 Å². The number of hydrogen-bond donors (Lipinski definition) is 2. The van der Waals surface area contributed by atoms with Gasteiger partial charge in [0.15, 0.2) is 5.78 Å². The Balaban J connectivity index is 2.03. The van der Waals surface area contributed by atoms with Crippen molar-refractivity contribution in [3.63, 3.8) is 0 Å². The third-order valence-corrected chi connectivity index (χ3v) is 5.58. The zero-order valence-electron chi connectivity index (χ0n) is 14.5. The number of halogens is 1. The number of allylic oxidation sites excluding steroid dienone is 2. The summed E-state index contributed by atoms with van der Waals surface area (Å²) in [7, 11) is -4.02. The number of sulfonamides is 1. The van der Waals surface area contributed by atoms with E-state index in [9.17, 15) is 13.2 Å². The average molecular weight is 401 g/mol. The molecule has 5 nitrogen and oxygen atoms in total. The Morgan fingerprint density at radius 2 is 1.93 bits per heavy atom. The summed E-state index contributed by atoms with van der Waals surface area (Å²) in [6.07, 6.45) is 3.49. The Kier molecular flexibility index (Phi) is 5.06. The summed E-state index contributed by atoms with van der Waals surface area (Å²) >= 11 is 5.87. The molecule has 0 saturated carbocycles. The zero-order chi connectivity index (χ0) is 19.8. The molecular weight excluding hydrogens is 384 g/mol. The van der Waals surface area contributed by atoms with Crippen LogP contribution >= 0.6 is 11.6 Å². The highest BCUT2D eigenvalue weighted by Gasteiger charge is 2.17. The van der Waals surface area contributed by atoms with E-state index in [1.54, 1.807) is 13.0 Å². The minimum atomic E-state index is -4.02. The third-order valence-electron chi connectivity index (χ3n) is 4.19. The maximum absolute atomic E-state index is 12.7. The minimum absolute atomic E-state index is 0.0252. The number of primary sulfonamides is 1. The molecule has 0 amide bonds. The molecule has 0 aliphatic rings. The topological polar surface area (TPSA) is 93.0 Å². The highest BCUT2D eigenvalue weighted by molar-refractivity contribution is 7.89. The van der Waals surface area contributed by atoms with E-state index in [2.05, 4.69) is 11.6 Å². The molecule has 0 bridgehead atoms. The fourth-order valence-electron chi connectivity index (χ4n) is 2.78. The van der Waals surface area contributed by atoms with Gasteiger partial charge in [-0.15, -0.1) is 0 Å². The van der Waals surface area contributed by atoms with E-state index >= 15 is 0 Å². The number of rotatable bonds is 4. The fourth-order valence-corrected chi connectivity index (χ4v) is 3.86. The van der Waals surface area contributed by atoms with Crippen molar-refractivity contribution in [2.75, 3.05) is 0 Å². The van der Waals surface area contributed by atoms with Gasteiger partial charge in [-0.2, -0.15) is 0 Å². The van der Waals surface area contributed by atoms with E-state index in [1.165, 1.54) is 18.2 Å². The summed E-state index contributed by atoms with van der Waals surface area (Å²) in [4.78, 5) is 15.6. The van der Waals surface area contributed by atoms with E-state index in [0.29, 0.717) is 5.57 Å².